The fourth-order valence-corrected chi connectivity index (χ4v) is 2.58. The van der Waals surface area contributed by atoms with E-state index in [1.54, 1.807) is 30.0 Å². The number of aliphatic carboxylic acids is 1. The Morgan fingerprint density at radius 1 is 1.33 bits per heavy atom. The van der Waals surface area contributed by atoms with Crippen molar-refractivity contribution in [1.82, 2.24) is 4.90 Å². The van der Waals surface area contributed by atoms with Gasteiger partial charge in [-0.05, 0) is 25.5 Å². The Morgan fingerprint density at radius 2 is 2.00 bits per heavy atom. The molecule has 0 saturated carbocycles. The van der Waals surface area contributed by atoms with Crippen molar-refractivity contribution >= 4 is 11.9 Å². The lowest BCUT2D eigenvalue weighted by Gasteiger charge is -2.23. The predicted octanol–water partition coefficient (Wildman–Crippen LogP) is 1.40. The van der Waals surface area contributed by atoms with Crippen LogP contribution in [0.1, 0.15) is 13.3 Å². The SMILES string of the molecule is COc1ccccc1OCC(=O)N1CCC(C(=O)O)C1C. The van der Waals surface area contributed by atoms with Gasteiger partial charge in [0.15, 0.2) is 18.1 Å². The largest absolute Gasteiger partial charge is 0.493 e. The van der Waals surface area contributed by atoms with Crippen LogP contribution in [0.15, 0.2) is 24.3 Å². The van der Waals surface area contributed by atoms with E-state index in [2.05, 4.69) is 0 Å². The van der Waals surface area contributed by atoms with Gasteiger partial charge in [0, 0.05) is 12.6 Å². The molecule has 21 heavy (non-hydrogen) atoms. The molecule has 1 amide bonds. The summed E-state index contributed by atoms with van der Waals surface area (Å²) >= 11 is 0. The molecule has 1 heterocycles. The first-order valence-electron chi connectivity index (χ1n) is 6.82. The topological polar surface area (TPSA) is 76.1 Å². The van der Waals surface area contributed by atoms with Crippen molar-refractivity contribution < 1.29 is 24.2 Å². The maximum atomic E-state index is 12.2. The second-order valence-electron chi connectivity index (χ2n) is 5.00. The number of benzene rings is 1. The van der Waals surface area contributed by atoms with Gasteiger partial charge in [0.2, 0.25) is 0 Å². The number of methoxy groups -OCH3 is 1. The molecule has 1 aliphatic rings. The zero-order valence-corrected chi connectivity index (χ0v) is 12.1. The fourth-order valence-electron chi connectivity index (χ4n) is 2.58. The lowest BCUT2D eigenvalue weighted by Crippen LogP contribution is -2.40. The van der Waals surface area contributed by atoms with E-state index < -0.39 is 11.9 Å². The Hall–Kier alpha value is -2.24. The maximum Gasteiger partial charge on any atom is 0.308 e. The number of amides is 1. The number of hydrogen-bond acceptors (Lipinski definition) is 4. The highest BCUT2D eigenvalue weighted by Crippen LogP contribution is 2.27. The van der Waals surface area contributed by atoms with Gasteiger partial charge >= 0.3 is 5.97 Å². The van der Waals surface area contributed by atoms with Crippen molar-refractivity contribution in [1.29, 1.82) is 0 Å². The first kappa shape index (κ1) is 15.2. The summed E-state index contributed by atoms with van der Waals surface area (Å²) < 4.78 is 10.6. The third-order valence-corrected chi connectivity index (χ3v) is 3.81. The zero-order chi connectivity index (χ0) is 15.4. The van der Waals surface area contributed by atoms with Crippen LogP contribution < -0.4 is 9.47 Å². The molecule has 6 nitrogen and oxygen atoms in total. The summed E-state index contributed by atoms with van der Waals surface area (Å²) in [7, 11) is 1.53. The molecule has 0 aliphatic carbocycles. The smallest absolute Gasteiger partial charge is 0.308 e. The van der Waals surface area contributed by atoms with Gasteiger partial charge in [-0.3, -0.25) is 9.59 Å². The molecular weight excluding hydrogens is 274 g/mol. The second-order valence-corrected chi connectivity index (χ2v) is 5.00. The lowest BCUT2D eigenvalue weighted by atomic mass is 10.0. The Bertz CT molecular complexity index is 531. The molecule has 0 radical (unpaired) electrons. The van der Waals surface area contributed by atoms with E-state index in [0.29, 0.717) is 24.5 Å². The molecule has 2 rings (SSSR count). The Labute approximate surface area is 123 Å². The summed E-state index contributed by atoms with van der Waals surface area (Å²) in [5.41, 5.74) is 0. The number of likely N-dealkylation sites (tertiary alicyclic amines) is 1. The van der Waals surface area contributed by atoms with Gasteiger partial charge in [0.1, 0.15) is 0 Å². The maximum absolute atomic E-state index is 12.2. The molecule has 1 fully saturated rings. The number of carboxylic acids is 1. The first-order chi connectivity index (χ1) is 10.0. The van der Waals surface area contributed by atoms with Crippen molar-refractivity contribution in [3.63, 3.8) is 0 Å². The van der Waals surface area contributed by atoms with E-state index in [9.17, 15) is 9.59 Å². The highest BCUT2D eigenvalue weighted by molar-refractivity contribution is 5.80. The molecule has 0 bridgehead atoms. The van der Waals surface area contributed by atoms with Crippen LogP contribution in [0.4, 0.5) is 0 Å². The number of para-hydroxylation sites is 2. The van der Waals surface area contributed by atoms with Crippen LogP contribution in [0, 0.1) is 5.92 Å². The summed E-state index contributed by atoms with van der Waals surface area (Å²) in [6, 6.07) is 6.77. The molecule has 114 valence electrons. The quantitative estimate of drug-likeness (QED) is 0.888. The zero-order valence-electron chi connectivity index (χ0n) is 12.1. The molecule has 6 heteroatoms. The predicted molar refractivity (Wildman–Crippen MR) is 75.4 cm³/mol. The summed E-state index contributed by atoms with van der Waals surface area (Å²) in [6.07, 6.45) is 0.483. The molecule has 1 saturated heterocycles. The highest BCUT2D eigenvalue weighted by Gasteiger charge is 2.38. The van der Waals surface area contributed by atoms with Crippen molar-refractivity contribution in [3.05, 3.63) is 24.3 Å². The number of rotatable bonds is 5. The van der Waals surface area contributed by atoms with Crippen LogP contribution in [-0.2, 0) is 9.59 Å². The van der Waals surface area contributed by atoms with Crippen LogP contribution in [0.3, 0.4) is 0 Å². The standard InChI is InChI=1S/C15H19NO5/c1-10-11(15(18)19)7-8-16(10)14(17)9-21-13-6-4-3-5-12(13)20-2/h3-6,10-11H,7-9H2,1-2H3,(H,18,19). The molecule has 0 spiro atoms. The molecule has 0 aromatic heterocycles. The van der Waals surface area contributed by atoms with Crippen LogP contribution >= 0.6 is 0 Å². The Kier molecular flexibility index (Phi) is 4.67. The number of nitrogens with zero attached hydrogens (tertiary/aromatic N) is 1. The van der Waals surface area contributed by atoms with Gasteiger partial charge in [0.25, 0.3) is 5.91 Å². The van der Waals surface area contributed by atoms with Crippen LogP contribution in [-0.4, -0.2) is 48.2 Å². The fraction of sp³-hybridized carbons (Fsp3) is 0.467. The van der Waals surface area contributed by atoms with E-state index in [4.69, 9.17) is 14.6 Å². The van der Waals surface area contributed by atoms with Crippen molar-refractivity contribution in [2.24, 2.45) is 5.92 Å². The first-order valence-corrected chi connectivity index (χ1v) is 6.82. The minimum Gasteiger partial charge on any atom is -0.493 e. The minimum atomic E-state index is -0.858. The van der Waals surface area contributed by atoms with E-state index in [1.165, 1.54) is 7.11 Å². The van der Waals surface area contributed by atoms with Gasteiger partial charge in [-0.25, -0.2) is 0 Å². The van der Waals surface area contributed by atoms with Crippen LogP contribution in [0.25, 0.3) is 0 Å². The summed E-state index contributed by atoms with van der Waals surface area (Å²) in [5, 5.41) is 9.07. The van der Waals surface area contributed by atoms with Crippen LogP contribution in [0.5, 0.6) is 11.5 Å². The van der Waals surface area contributed by atoms with Gasteiger partial charge < -0.3 is 19.5 Å². The number of carbonyl (C=O) groups excluding carboxylic acids is 1. The number of ether oxygens (including phenoxy) is 2. The van der Waals surface area contributed by atoms with E-state index in [0.717, 1.165) is 0 Å². The van der Waals surface area contributed by atoms with Gasteiger partial charge in [-0.15, -0.1) is 0 Å². The summed E-state index contributed by atoms with van der Waals surface area (Å²) in [4.78, 5) is 24.8. The number of carbonyl (C=O) groups is 2. The van der Waals surface area contributed by atoms with E-state index >= 15 is 0 Å². The van der Waals surface area contributed by atoms with Gasteiger partial charge in [-0.2, -0.15) is 0 Å². The van der Waals surface area contributed by atoms with Crippen molar-refractivity contribution in [2.45, 2.75) is 19.4 Å². The number of hydrogen-bond donors (Lipinski definition) is 1. The molecule has 1 aromatic rings. The molecule has 2 unspecified atom stereocenters. The summed E-state index contributed by atoms with van der Waals surface area (Å²) in [6.45, 7) is 2.08. The second kappa shape index (κ2) is 6.47. The monoisotopic (exact) mass is 293 g/mol. The third kappa shape index (κ3) is 3.26. The number of carboxylic acid groups (broad SMARTS) is 1. The van der Waals surface area contributed by atoms with Gasteiger partial charge in [0.05, 0.1) is 13.0 Å². The molecule has 1 aromatic carbocycles. The van der Waals surface area contributed by atoms with Gasteiger partial charge in [-0.1, -0.05) is 12.1 Å². The molecule has 2 atom stereocenters. The van der Waals surface area contributed by atoms with Crippen molar-refractivity contribution in [2.75, 3.05) is 20.3 Å². The minimum absolute atomic E-state index is 0.128. The normalized spacial score (nSPS) is 21.1. The molecule has 1 aliphatic heterocycles. The van der Waals surface area contributed by atoms with Crippen LogP contribution in [0.2, 0.25) is 0 Å². The lowest BCUT2D eigenvalue weighted by molar-refractivity contribution is -0.143. The Balaban J connectivity index is 1.95. The summed E-state index contributed by atoms with van der Waals surface area (Å²) in [5.74, 6) is -0.515. The Morgan fingerprint density at radius 3 is 2.57 bits per heavy atom. The van der Waals surface area contributed by atoms with E-state index in [-0.39, 0.29) is 18.6 Å². The average molecular weight is 293 g/mol. The highest BCUT2D eigenvalue weighted by atomic mass is 16.5. The van der Waals surface area contributed by atoms with E-state index in [1.807, 2.05) is 6.07 Å². The molecule has 1 N–H and O–H groups in total. The van der Waals surface area contributed by atoms with Crippen molar-refractivity contribution in [3.8, 4) is 11.5 Å². The third-order valence-electron chi connectivity index (χ3n) is 3.81. The molecular formula is C15H19NO5. The average Bonchev–Trinajstić information content (AvgIpc) is 2.87.